The quantitative estimate of drug-likeness (QED) is 0.608. The lowest BCUT2D eigenvalue weighted by Crippen LogP contribution is -2.27. The number of hydrogen-bond donors (Lipinski definition) is 0. The van der Waals surface area contributed by atoms with E-state index in [1.807, 2.05) is 10.9 Å². The Kier molecular flexibility index (Phi) is 6.81. The molecule has 0 aromatic carbocycles. The Labute approximate surface area is 175 Å². The highest BCUT2D eigenvalue weighted by molar-refractivity contribution is 7.15. The van der Waals surface area contributed by atoms with Crippen LogP contribution >= 0.6 is 22.9 Å². The van der Waals surface area contributed by atoms with Crippen LogP contribution in [0.1, 0.15) is 61.6 Å². The minimum Gasteiger partial charge on any atom is -0.381 e. The van der Waals surface area contributed by atoms with Crippen molar-refractivity contribution in [1.29, 1.82) is 0 Å². The van der Waals surface area contributed by atoms with E-state index in [0.717, 1.165) is 49.8 Å². The van der Waals surface area contributed by atoms with E-state index in [2.05, 4.69) is 16.3 Å². The summed E-state index contributed by atoms with van der Waals surface area (Å²) >= 11 is 7.38. The summed E-state index contributed by atoms with van der Waals surface area (Å²) in [4.78, 5) is 17.4. The van der Waals surface area contributed by atoms with Gasteiger partial charge in [-0.1, -0.05) is 37.3 Å². The first-order valence-electron chi connectivity index (χ1n) is 10.4. The normalized spacial score (nSPS) is 19.9. The molecule has 1 saturated heterocycles. The van der Waals surface area contributed by atoms with Crippen LogP contribution in [-0.2, 0) is 22.4 Å². The number of nitrogens with zero attached hydrogens (tertiary/aromatic N) is 3. The number of rotatable bonds is 8. The van der Waals surface area contributed by atoms with Gasteiger partial charge in [0.25, 0.3) is 0 Å². The van der Waals surface area contributed by atoms with Crippen molar-refractivity contribution < 1.29 is 9.53 Å². The van der Waals surface area contributed by atoms with Crippen molar-refractivity contribution in [3.05, 3.63) is 33.5 Å². The number of halogens is 1. The molecule has 2 aromatic heterocycles. The molecule has 2 aromatic rings. The number of hydrogen-bond acceptors (Lipinski definition) is 5. The number of ether oxygens (including phenoxy) is 1. The molecule has 7 heteroatoms. The van der Waals surface area contributed by atoms with Gasteiger partial charge in [-0.25, -0.2) is 4.98 Å². The molecule has 1 aliphatic heterocycles. The lowest BCUT2D eigenvalue weighted by atomic mass is 9.90. The molecular formula is C21H28ClN3O2S. The molecule has 152 valence electrons. The minimum absolute atomic E-state index is 0.174. The molecule has 2 fully saturated rings. The van der Waals surface area contributed by atoms with Crippen LogP contribution in [0, 0.1) is 11.8 Å². The molecule has 5 nitrogen and oxygen atoms in total. The van der Waals surface area contributed by atoms with Crippen molar-refractivity contribution in [1.82, 2.24) is 14.8 Å². The first-order chi connectivity index (χ1) is 13.7. The first-order valence-corrected chi connectivity index (χ1v) is 11.6. The maximum Gasteiger partial charge on any atom is 0.164 e. The standard InChI is InChI=1S/C21H28ClN3O2S/c22-20-13-23-21(28-20)11-19(26)18(10-16-5-7-27-8-6-16)25-14-17(12-24-25)9-15-3-1-2-4-15/h12-16,18H,1-11H2/t18-/m1/s1. The molecular weight excluding hydrogens is 394 g/mol. The van der Waals surface area contributed by atoms with E-state index < -0.39 is 0 Å². The van der Waals surface area contributed by atoms with E-state index in [9.17, 15) is 4.79 Å². The molecule has 1 aliphatic carbocycles. The van der Waals surface area contributed by atoms with Crippen LogP contribution in [0.25, 0.3) is 0 Å². The van der Waals surface area contributed by atoms with Crippen LogP contribution in [0.3, 0.4) is 0 Å². The maximum absolute atomic E-state index is 13.2. The van der Waals surface area contributed by atoms with Crippen molar-refractivity contribution in [3.8, 4) is 0 Å². The summed E-state index contributed by atoms with van der Waals surface area (Å²) in [5, 5.41) is 5.40. The van der Waals surface area contributed by atoms with Crippen molar-refractivity contribution in [2.24, 2.45) is 11.8 Å². The predicted molar refractivity (Wildman–Crippen MR) is 111 cm³/mol. The van der Waals surface area contributed by atoms with Crippen LogP contribution in [0.5, 0.6) is 0 Å². The van der Waals surface area contributed by atoms with Gasteiger partial charge in [0.15, 0.2) is 5.78 Å². The smallest absolute Gasteiger partial charge is 0.164 e. The van der Waals surface area contributed by atoms with E-state index >= 15 is 0 Å². The molecule has 3 heterocycles. The van der Waals surface area contributed by atoms with Crippen molar-refractivity contribution >= 4 is 28.7 Å². The molecule has 4 rings (SSSR count). The Hall–Kier alpha value is -1.24. The maximum atomic E-state index is 13.2. The zero-order valence-electron chi connectivity index (χ0n) is 16.2. The number of Topliss-reactive ketones (excluding diaryl/α,β-unsaturated/α-hetero) is 1. The van der Waals surface area contributed by atoms with E-state index in [1.54, 1.807) is 6.20 Å². The molecule has 0 radical (unpaired) electrons. The molecule has 0 unspecified atom stereocenters. The molecule has 1 saturated carbocycles. The lowest BCUT2D eigenvalue weighted by Gasteiger charge is -2.26. The van der Waals surface area contributed by atoms with Gasteiger partial charge < -0.3 is 4.74 Å². The zero-order chi connectivity index (χ0) is 19.3. The summed E-state index contributed by atoms with van der Waals surface area (Å²) in [5.41, 5.74) is 1.26. The molecule has 0 spiro atoms. The SMILES string of the molecule is O=C(Cc1ncc(Cl)s1)[C@@H](CC1CCOCC1)n1cc(CC2CCCC2)cn1. The number of thiazole rings is 1. The van der Waals surface area contributed by atoms with Crippen LogP contribution < -0.4 is 0 Å². The van der Waals surface area contributed by atoms with Gasteiger partial charge in [0, 0.05) is 19.4 Å². The van der Waals surface area contributed by atoms with E-state index in [-0.39, 0.29) is 11.8 Å². The average molecular weight is 422 g/mol. The van der Waals surface area contributed by atoms with Gasteiger partial charge in [-0.3, -0.25) is 9.48 Å². The van der Waals surface area contributed by atoms with Gasteiger partial charge in [-0.15, -0.1) is 11.3 Å². The Morgan fingerprint density at radius 3 is 2.71 bits per heavy atom. The number of carbonyl (C=O) groups is 1. The van der Waals surface area contributed by atoms with Crippen molar-refractivity contribution in [2.45, 2.75) is 63.8 Å². The van der Waals surface area contributed by atoms with Crippen molar-refractivity contribution in [3.63, 3.8) is 0 Å². The summed E-state index contributed by atoms with van der Waals surface area (Å²) in [5.74, 6) is 1.46. The van der Waals surface area contributed by atoms with Crippen LogP contribution in [-0.4, -0.2) is 33.8 Å². The third-order valence-corrected chi connectivity index (χ3v) is 7.21. The van der Waals surface area contributed by atoms with Gasteiger partial charge in [0.2, 0.25) is 0 Å². The molecule has 2 aliphatic rings. The monoisotopic (exact) mass is 421 g/mol. The zero-order valence-corrected chi connectivity index (χ0v) is 17.8. The van der Waals surface area contributed by atoms with E-state index in [1.165, 1.54) is 42.6 Å². The van der Waals surface area contributed by atoms with Crippen LogP contribution in [0.15, 0.2) is 18.6 Å². The number of ketones is 1. The first kappa shape index (κ1) is 20.0. The fourth-order valence-electron chi connectivity index (χ4n) is 4.52. The Morgan fingerprint density at radius 1 is 1.21 bits per heavy atom. The highest BCUT2D eigenvalue weighted by atomic mass is 35.5. The van der Waals surface area contributed by atoms with E-state index in [0.29, 0.717) is 16.7 Å². The summed E-state index contributed by atoms with van der Waals surface area (Å²) < 4.78 is 8.03. The largest absolute Gasteiger partial charge is 0.381 e. The summed E-state index contributed by atoms with van der Waals surface area (Å²) in [6, 6.07) is -0.233. The second-order valence-electron chi connectivity index (χ2n) is 8.19. The lowest BCUT2D eigenvalue weighted by molar-refractivity contribution is -0.122. The van der Waals surface area contributed by atoms with Gasteiger partial charge in [-0.05, 0) is 43.1 Å². The fourth-order valence-corrected chi connectivity index (χ4v) is 5.49. The topological polar surface area (TPSA) is 57.0 Å². The average Bonchev–Trinajstić information content (AvgIpc) is 3.44. The van der Waals surface area contributed by atoms with Gasteiger partial charge in [0.1, 0.15) is 15.4 Å². The third-order valence-electron chi connectivity index (χ3n) is 6.09. The predicted octanol–water partition coefficient (Wildman–Crippen LogP) is 4.90. The van der Waals surface area contributed by atoms with Crippen LogP contribution in [0.2, 0.25) is 4.34 Å². The third kappa shape index (κ3) is 5.22. The Balaban J connectivity index is 1.48. The second-order valence-corrected chi connectivity index (χ2v) is 9.94. The molecule has 1 atom stereocenters. The van der Waals surface area contributed by atoms with Gasteiger partial charge in [-0.2, -0.15) is 5.10 Å². The van der Waals surface area contributed by atoms with E-state index in [4.69, 9.17) is 16.3 Å². The van der Waals surface area contributed by atoms with Crippen molar-refractivity contribution in [2.75, 3.05) is 13.2 Å². The van der Waals surface area contributed by atoms with Crippen LogP contribution in [0.4, 0.5) is 0 Å². The summed E-state index contributed by atoms with van der Waals surface area (Å²) in [6.07, 6.45) is 15.3. The molecule has 0 amide bonds. The molecule has 0 N–H and O–H groups in total. The molecule has 28 heavy (non-hydrogen) atoms. The minimum atomic E-state index is -0.233. The number of carbonyl (C=O) groups excluding carboxylic acids is 1. The second kappa shape index (κ2) is 9.51. The highest BCUT2D eigenvalue weighted by Crippen LogP contribution is 2.30. The number of aromatic nitrogens is 3. The van der Waals surface area contributed by atoms with Gasteiger partial charge in [0.05, 0.1) is 18.8 Å². The summed E-state index contributed by atoms with van der Waals surface area (Å²) in [7, 11) is 0. The van der Waals surface area contributed by atoms with Gasteiger partial charge >= 0.3 is 0 Å². The fraction of sp³-hybridized carbons (Fsp3) is 0.667. The Morgan fingerprint density at radius 2 is 2.00 bits per heavy atom. The highest BCUT2D eigenvalue weighted by Gasteiger charge is 2.28. The summed E-state index contributed by atoms with van der Waals surface area (Å²) in [6.45, 7) is 1.58. The molecule has 0 bridgehead atoms. The Bertz CT molecular complexity index is 778.